The second-order valence-corrected chi connectivity index (χ2v) is 4.15. The first kappa shape index (κ1) is 11.0. The molecule has 86 valence electrons. The highest BCUT2D eigenvalue weighted by molar-refractivity contribution is 5.94. The van der Waals surface area contributed by atoms with Crippen molar-refractivity contribution >= 4 is 11.6 Å². The first-order valence-corrected chi connectivity index (χ1v) is 5.64. The summed E-state index contributed by atoms with van der Waals surface area (Å²) in [7, 11) is 1.66. The number of carbonyl (C=O) groups is 1. The third-order valence-corrected chi connectivity index (χ3v) is 3.18. The summed E-state index contributed by atoms with van der Waals surface area (Å²) in [5.41, 5.74) is 2.25. The van der Waals surface area contributed by atoms with Gasteiger partial charge in [0.15, 0.2) is 0 Å². The van der Waals surface area contributed by atoms with Crippen LogP contribution in [0.4, 0.5) is 5.69 Å². The Hall–Kier alpha value is -1.51. The van der Waals surface area contributed by atoms with Crippen molar-refractivity contribution < 1.29 is 9.53 Å². The maximum Gasteiger partial charge on any atom is 0.224 e. The Labute approximate surface area is 96.0 Å². The quantitative estimate of drug-likeness (QED) is 0.764. The molecule has 1 aliphatic rings. The average molecular weight is 219 g/mol. The van der Waals surface area contributed by atoms with Gasteiger partial charge >= 0.3 is 0 Å². The topological polar surface area (TPSA) is 29.5 Å². The first-order chi connectivity index (χ1) is 7.67. The van der Waals surface area contributed by atoms with Gasteiger partial charge in [0.1, 0.15) is 5.75 Å². The second-order valence-electron chi connectivity index (χ2n) is 4.15. The molecule has 0 aliphatic carbocycles. The molecule has 1 aliphatic heterocycles. The second kappa shape index (κ2) is 4.16. The molecule has 0 fully saturated rings. The zero-order valence-corrected chi connectivity index (χ0v) is 9.99. The van der Waals surface area contributed by atoms with Crippen LogP contribution < -0.4 is 9.64 Å². The van der Waals surface area contributed by atoms with Crippen LogP contribution in [0.5, 0.6) is 5.75 Å². The Morgan fingerprint density at radius 2 is 2.31 bits per heavy atom. The standard InChI is InChI=1S/C13H17NO2/c1-4-11-7-10-8-12(16-3)5-6-13(10)14(11)9(2)15/h5-6,8,11H,4,7H2,1-3H3. The van der Waals surface area contributed by atoms with Gasteiger partial charge in [0.2, 0.25) is 5.91 Å². The Morgan fingerprint density at radius 1 is 1.56 bits per heavy atom. The van der Waals surface area contributed by atoms with E-state index in [1.54, 1.807) is 14.0 Å². The summed E-state index contributed by atoms with van der Waals surface area (Å²) in [6.45, 7) is 3.74. The van der Waals surface area contributed by atoms with Crippen molar-refractivity contribution in [2.24, 2.45) is 0 Å². The lowest BCUT2D eigenvalue weighted by atomic mass is 10.1. The number of benzene rings is 1. The Morgan fingerprint density at radius 3 is 2.88 bits per heavy atom. The molecular formula is C13H17NO2. The van der Waals surface area contributed by atoms with Gasteiger partial charge in [-0.3, -0.25) is 4.79 Å². The minimum atomic E-state index is 0.121. The van der Waals surface area contributed by atoms with Crippen LogP contribution in [0.15, 0.2) is 18.2 Å². The number of methoxy groups -OCH3 is 1. The molecule has 1 unspecified atom stereocenters. The maximum absolute atomic E-state index is 11.6. The van der Waals surface area contributed by atoms with E-state index in [9.17, 15) is 4.79 Å². The summed E-state index contributed by atoms with van der Waals surface area (Å²) >= 11 is 0. The van der Waals surface area contributed by atoms with Crippen LogP contribution in [-0.2, 0) is 11.2 Å². The van der Waals surface area contributed by atoms with Gasteiger partial charge in [-0.15, -0.1) is 0 Å². The lowest BCUT2D eigenvalue weighted by Gasteiger charge is -2.22. The third-order valence-electron chi connectivity index (χ3n) is 3.18. The smallest absolute Gasteiger partial charge is 0.224 e. The number of amides is 1. The monoisotopic (exact) mass is 219 g/mol. The molecule has 0 radical (unpaired) electrons. The number of hydrogen-bond donors (Lipinski definition) is 0. The number of fused-ring (bicyclic) bond motifs is 1. The Kier molecular flexibility index (Phi) is 2.86. The minimum Gasteiger partial charge on any atom is -0.497 e. The molecule has 2 rings (SSSR count). The molecule has 0 N–H and O–H groups in total. The molecule has 1 aromatic carbocycles. The van der Waals surface area contributed by atoms with Crippen LogP contribution in [0.1, 0.15) is 25.8 Å². The summed E-state index contributed by atoms with van der Waals surface area (Å²) in [5.74, 6) is 0.981. The van der Waals surface area contributed by atoms with Crippen molar-refractivity contribution in [2.45, 2.75) is 32.7 Å². The predicted molar refractivity (Wildman–Crippen MR) is 63.9 cm³/mol. The number of anilines is 1. The van der Waals surface area contributed by atoms with Gasteiger partial charge in [-0.25, -0.2) is 0 Å². The van der Waals surface area contributed by atoms with E-state index in [1.807, 2.05) is 23.1 Å². The van der Waals surface area contributed by atoms with E-state index in [2.05, 4.69) is 6.92 Å². The summed E-state index contributed by atoms with van der Waals surface area (Å²) in [5, 5.41) is 0. The molecule has 1 aromatic rings. The van der Waals surface area contributed by atoms with Gasteiger partial charge < -0.3 is 9.64 Å². The van der Waals surface area contributed by atoms with Gasteiger partial charge in [-0.05, 0) is 36.6 Å². The Balaban J connectivity index is 2.41. The molecular weight excluding hydrogens is 202 g/mol. The first-order valence-electron chi connectivity index (χ1n) is 5.64. The summed E-state index contributed by atoms with van der Waals surface area (Å²) in [4.78, 5) is 13.5. The van der Waals surface area contributed by atoms with Crippen LogP contribution in [0, 0.1) is 0 Å². The number of carbonyl (C=O) groups excluding carboxylic acids is 1. The number of rotatable bonds is 2. The fourth-order valence-electron chi connectivity index (χ4n) is 2.38. The number of nitrogens with zero attached hydrogens (tertiary/aromatic N) is 1. The van der Waals surface area contributed by atoms with E-state index in [0.29, 0.717) is 6.04 Å². The lowest BCUT2D eigenvalue weighted by Crippen LogP contribution is -2.35. The van der Waals surface area contributed by atoms with Crippen molar-refractivity contribution in [3.63, 3.8) is 0 Å². The predicted octanol–water partition coefficient (Wildman–Crippen LogP) is 2.38. The molecule has 0 spiro atoms. The van der Waals surface area contributed by atoms with Gasteiger partial charge in [0.25, 0.3) is 0 Å². The van der Waals surface area contributed by atoms with Crippen molar-refractivity contribution in [3.05, 3.63) is 23.8 Å². The van der Waals surface area contributed by atoms with Crippen LogP contribution >= 0.6 is 0 Å². The summed E-state index contributed by atoms with van der Waals surface area (Å²) in [6, 6.07) is 6.22. The molecule has 0 bridgehead atoms. The SMILES string of the molecule is CCC1Cc2cc(OC)ccc2N1C(C)=O. The molecule has 0 saturated heterocycles. The molecule has 3 heteroatoms. The van der Waals surface area contributed by atoms with Gasteiger partial charge in [0, 0.05) is 18.7 Å². The van der Waals surface area contributed by atoms with Gasteiger partial charge in [-0.2, -0.15) is 0 Å². The van der Waals surface area contributed by atoms with Crippen molar-refractivity contribution in [1.29, 1.82) is 0 Å². The molecule has 0 saturated carbocycles. The zero-order chi connectivity index (χ0) is 11.7. The fourth-order valence-corrected chi connectivity index (χ4v) is 2.38. The van der Waals surface area contributed by atoms with Crippen LogP contribution in [0.2, 0.25) is 0 Å². The van der Waals surface area contributed by atoms with Crippen molar-refractivity contribution in [2.75, 3.05) is 12.0 Å². The fraction of sp³-hybridized carbons (Fsp3) is 0.462. The molecule has 16 heavy (non-hydrogen) atoms. The number of ether oxygens (including phenoxy) is 1. The van der Waals surface area contributed by atoms with Gasteiger partial charge in [-0.1, -0.05) is 6.92 Å². The highest BCUT2D eigenvalue weighted by Crippen LogP contribution is 2.35. The van der Waals surface area contributed by atoms with E-state index in [1.165, 1.54) is 5.56 Å². The number of hydrogen-bond acceptors (Lipinski definition) is 2. The molecule has 3 nitrogen and oxygen atoms in total. The van der Waals surface area contributed by atoms with E-state index in [0.717, 1.165) is 24.3 Å². The van der Waals surface area contributed by atoms with Crippen molar-refractivity contribution in [1.82, 2.24) is 0 Å². The average Bonchev–Trinajstić information content (AvgIpc) is 2.65. The van der Waals surface area contributed by atoms with Crippen molar-refractivity contribution in [3.8, 4) is 5.75 Å². The maximum atomic E-state index is 11.6. The van der Waals surface area contributed by atoms with E-state index < -0.39 is 0 Å². The summed E-state index contributed by atoms with van der Waals surface area (Å²) < 4.78 is 5.20. The van der Waals surface area contributed by atoms with Crippen LogP contribution in [0.3, 0.4) is 0 Å². The third kappa shape index (κ3) is 1.66. The van der Waals surface area contributed by atoms with Crippen LogP contribution in [0.25, 0.3) is 0 Å². The summed E-state index contributed by atoms with van der Waals surface area (Å²) in [6.07, 6.45) is 1.92. The molecule has 1 heterocycles. The minimum absolute atomic E-state index is 0.121. The Bertz CT molecular complexity index is 414. The van der Waals surface area contributed by atoms with E-state index in [4.69, 9.17) is 4.74 Å². The molecule has 1 atom stereocenters. The lowest BCUT2D eigenvalue weighted by molar-refractivity contribution is -0.116. The van der Waals surface area contributed by atoms with E-state index in [-0.39, 0.29) is 5.91 Å². The van der Waals surface area contributed by atoms with Crippen LogP contribution in [-0.4, -0.2) is 19.1 Å². The van der Waals surface area contributed by atoms with Gasteiger partial charge in [0.05, 0.1) is 7.11 Å². The highest BCUT2D eigenvalue weighted by Gasteiger charge is 2.30. The highest BCUT2D eigenvalue weighted by atomic mass is 16.5. The zero-order valence-electron chi connectivity index (χ0n) is 9.99. The largest absolute Gasteiger partial charge is 0.497 e. The van der Waals surface area contributed by atoms with E-state index >= 15 is 0 Å². The molecule has 1 amide bonds. The molecule has 0 aromatic heterocycles. The normalized spacial score (nSPS) is 18.4.